The van der Waals surface area contributed by atoms with E-state index in [9.17, 15) is 13.2 Å². The zero-order valence-electron chi connectivity index (χ0n) is 17.2. The van der Waals surface area contributed by atoms with Crippen molar-refractivity contribution < 1.29 is 13.2 Å². The first kappa shape index (κ1) is 26.8. The minimum Gasteiger partial charge on any atom is -0.272 e. The van der Waals surface area contributed by atoms with Crippen molar-refractivity contribution in [2.24, 2.45) is 5.10 Å². The Bertz CT molecular complexity index is 1310. The summed E-state index contributed by atoms with van der Waals surface area (Å²) in [5, 5.41) is 5.55. The molecule has 0 aromatic heterocycles. The number of hydrogen-bond donors (Lipinski definition) is 1. The van der Waals surface area contributed by atoms with Crippen LogP contribution in [0.4, 0.5) is 0 Å². The van der Waals surface area contributed by atoms with Crippen molar-refractivity contribution in [1.82, 2.24) is 9.73 Å². The quantitative estimate of drug-likeness (QED) is 0.252. The summed E-state index contributed by atoms with van der Waals surface area (Å²) in [6.45, 7) is -0.730. The third-order valence-electron chi connectivity index (χ3n) is 4.52. The van der Waals surface area contributed by atoms with E-state index in [1.807, 2.05) is 0 Å². The molecular formula is C22H16Cl5N3O3S. The van der Waals surface area contributed by atoms with Crippen LogP contribution < -0.4 is 5.43 Å². The van der Waals surface area contributed by atoms with E-state index in [4.69, 9.17) is 58.0 Å². The lowest BCUT2D eigenvalue weighted by atomic mass is 10.2. The molecule has 0 saturated heterocycles. The maximum absolute atomic E-state index is 13.3. The van der Waals surface area contributed by atoms with E-state index in [1.165, 1.54) is 36.5 Å². The van der Waals surface area contributed by atoms with Crippen LogP contribution in [0.25, 0.3) is 0 Å². The number of sulfonamides is 1. The molecule has 0 unspecified atom stereocenters. The van der Waals surface area contributed by atoms with Crippen molar-refractivity contribution >= 4 is 80.1 Å². The van der Waals surface area contributed by atoms with Crippen LogP contribution >= 0.6 is 58.0 Å². The summed E-state index contributed by atoms with van der Waals surface area (Å²) in [6, 6.07) is 15.1. The van der Waals surface area contributed by atoms with Crippen LogP contribution in [0.5, 0.6) is 0 Å². The van der Waals surface area contributed by atoms with Crippen LogP contribution in [-0.4, -0.2) is 31.4 Å². The van der Waals surface area contributed by atoms with Gasteiger partial charge in [0.05, 0.1) is 27.7 Å². The predicted octanol–water partition coefficient (Wildman–Crippen LogP) is 6.29. The summed E-state index contributed by atoms with van der Waals surface area (Å²) >= 11 is 30.2. The number of carbonyl (C=O) groups excluding carboxylic acids is 1. The number of carbonyl (C=O) groups is 1. The number of nitrogens with zero attached hydrogens (tertiary/aromatic N) is 2. The number of benzene rings is 3. The molecular weight excluding hydrogens is 564 g/mol. The molecule has 0 fully saturated rings. The average molecular weight is 580 g/mol. The molecule has 0 atom stereocenters. The van der Waals surface area contributed by atoms with Gasteiger partial charge in [-0.05, 0) is 54.1 Å². The molecule has 0 aliphatic carbocycles. The van der Waals surface area contributed by atoms with Gasteiger partial charge in [0, 0.05) is 27.2 Å². The maximum atomic E-state index is 13.3. The summed E-state index contributed by atoms with van der Waals surface area (Å²) in [4.78, 5) is 12.6. The van der Waals surface area contributed by atoms with Crippen molar-refractivity contribution in [2.45, 2.75) is 11.4 Å². The predicted molar refractivity (Wildman–Crippen MR) is 138 cm³/mol. The van der Waals surface area contributed by atoms with E-state index in [-0.39, 0.29) is 16.5 Å². The Labute approximate surface area is 222 Å². The maximum Gasteiger partial charge on any atom is 0.255 e. The standard InChI is InChI=1S/C22H16Cl5N3O3S/c23-15-6-8-17(9-7-15)34(32,33)30(12-14-4-5-16(24)10-21(14)27)13-22(31)29-28-11-18-19(25)2-1-3-20(18)26/h1-11H,12-13H2,(H,29,31)/b28-11-. The van der Waals surface area contributed by atoms with Crippen LogP contribution in [0.3, 0.4) is 0 Å². The molecule has 178 valence electrons. The largest absolute Gasteiger partial charge is 0.272 e. The average Bonchev–Trinajstić information content (AvgIpc) is 2.77. The van der Waals surface area contributed by atoms with Gasteiger partial charge in [-0.25, -0.2) is 13.8 Å². The zero-order valence-corrected chi connectivity index (χ0v) is 21.8. The second-order valence-electron chi connectivity index (χ2n) is 6.89. The molecule has 12 heteroatoms. The Hall–Kier alpha value is -1.84. The number of halogens is 5. The molecule has 0 aliphatic heterocycles. The summed E-state index contributed by atoms with van der Waals surface area (Å²) < 4.78 is 27.6. The van der Waals surface area contributed by atoms with E-state index in [1.54, 1.807) is 30.3 Å². The van der Waals surface area contributed by atoms with Gasteiger partial charge >= 0.3 is 0 Å². The van der Waals surface area contributed by atoms with Crippen LogP contribution in [0, 0.1) is 0 Å². The molecule has 6 nitrogen and oxygen atoms in total. The second-order valence-corrected chi connectivity index (χ2v) is 10.9. The van der Waals surface area contributed by atoms with Crippen molar-refractivity contribution in [2.75, 3.05) is 6.54 Å². The number of amides is 1. The van der Waals surface area contributed by atoms with Crippen molar-refractivity contribution in [1.29, 1.82) is 0 Å². The summed E-state index contributed by atoms with van der Waals surface area (Å²) in [6.07, 6.45) is 1.27. The summed E-state index contributed by atoms with van der Waals surface area (Å²) in [5.41, 5.74) is 3.16. The fraction of sp³-hybridized carbons (Fsp3) is 0.0909. The van der Waals surface area contributed by atoms with Gasteiger partial charge in [0.15, 0.2) is 0 Å². The van der Waals surface area contributed by atoms with E-state index in [2.05, 4.69) is 10.5 Å². The van der Waals surface area contributed by atoms with Crippen LogP contribution in [0.15, 0.2) is 70.7 Å². The third-order valence-corrected chi connectivity index (χ3v) is 7.82. The highest BCUT2D eigenvalue weighted by Gasteiger charge is 2.27. The Morgan fingerprint density at radius 1 is 0.882 bits per heavy atom. The normalized spacial score (nSPS) is 11.8. The molecule has 1 amide bonds. The number of nitrogens with one attached hydrogen (secondary N) is 1. The molecule has 3 aromatic rings. The van der Waals surface area contributed by atoms with Gasteiger partial charge < -0.3 is 0 Å². The SMILES string of the molecule is O=C(CN(Cc1ccc(Cl)cc1Cl)S(=O)(=O)c1ccc(Cl)cc1)N/N=C\c1c(Cl)cccc1Cl. The molecule has 0 bridgehead atoms. The van der Waals surface area contributed by atoms with E-state index < -0.39 is 22.5 Å². The molecule has 0 saturated carbocycles. The minimum absolute atomic E-state index is 0.0406. The van der Waals surface area contributed by atoms with Gasteiger partial charge in [-0.15, -0.1) is 0 Å². The third kappa shape index (κ3) is 6.86. The Kier molecular flexibility index (Phi) is 9.23. The highest BCUT2D eigenvalue weighted by molar-refractivity contribution is 7.89. The monoisotopic (exact) mass is 577 g/mol. The Morgan fingerprint density at radius 2 is 1.50 bits per heavy atom. The Morgan fingerprint density at radius 3 is 2.12 bits per heavy atom. The molecule has 34 heavy (non-hydrogen) atoms. The summed E-state index contributed by atoms with van der Waals surface area (Å²) in [7, 11) is -4.10. The minimum atomic E-state index is -4.10. The molecule has 1 N–H and O–H groups in total. The van der Waals surface area contributed by atoms with E-state index >= 15 is 0 Å². The highest BCUT2D eigenvalue weighted by Crippen LogP contribution is 2.26. The fourth-order valence-corrected chi connectivity index (χ4v) is 5.28. The number of hydrogen-bond acceptors (Lipinski definition) is 4. The summed E-state index contributed by atoms with van der Waals surface area (Å²) in [5.74, 6) is -0.693. The van der Waals surface area contributed by atoms with Gasteiger partial charge in [-0.2, -0.15) is 9.41 Å². The molecule has 0 spiro atoms. The van der Waals surface area contributed by atoms with Crippen LogP contribution in [-0.2, 0) is 21.4 Å². The molecule has 3 aromatic carbocycles. The zero-order chi connectivity index (χ0) is 24.9. The van der Waals surface area contributed by atoms with Gasteiger partial charge in [0.2, 0.25) is 10.0 Å². The highest BCUT2D eigenvalue weighted by atomic mass is 35.5. The van der Waals surface area contributed by atoms with E-state index in [0.29, 0.717) is 31.2 Å². The lowest BCUT2D eigenvalue weighted by Crippen LogP contribution is -2.39. The first-order chi connectivity index (χ1) is 16.1. The van der Waals surface area contributed by atoms with Gasteiger partial charge in [-0.1, -0.05) is 70.1 Å². The molecule has 0 heterocycles. The number of rotatable bonds is 8. The van der Waals surface area contributed by atoms with Crippen LogP contribution in [0.2, 0.25) is 25.1 Å². The van der Waals surface area contributed by atoms with Gasteiger partial charge in [0.25, 0.3) is 5.91 Å². The Balaban J connectivity index is 1.85. The van der Waals surface area contributed by atoms with Gasteiger partial charge in [-0.3, -0.25) is 4.79 Å². The lowest BCUT2D eigenvalue weighted by Gasteiger charge is -2.22. The molecule has 3 rings (SSSR count). The van der Waals surface area contributed by atoms with Crippen LogP contribution in [0.1, 0.15) is 11.1 Å². The fourth-order valence-electron chi connectivity index (χ4n) is 2.82. The van der Waals surface area contributed by atoms with Gasteiger partial charge in [0.1, 0.15) is 0 Å². The van der Waals surface area contributed by atoms with Crippen molar-refractivity contribution in [3.63, 3.8) is 0 Å². The topological polar surface area (TPSA) is 78.8 Å². The first-order valence-electron chi connectivity index (χ1n) is 9.53. The lowest BCUT2D eigenvalue weighted by molar-refractivity contribution is -0.121. The molecule has 0 aliphatic rings. The van der Waals surface area contributed by atoms with Crippen molar-refractivity contribution in [3.05, 3.63) is 96.9 Å². The first-order valence-corrected chi connectivity index (χ1v) is 12.9. The number of hydrazone groups is 1. The van der Waals surface area contributed by atoms with Crippen molar-refractivity contribution in [3.8, 4) is 0 Å². The van der Waals surface area contributed by atoms with E-state index in [0.717, 1.165) is 4.31 Å². The second kappa shape index (κ2) is 11.7. The smallest absolute Gasteiger partial charge is 0.255 e. The molecule has 0 radical (unpaired) electrons.